The highest BCUT2D eigenvalue weighted by molar-refractivity contribution is 5.78. The van der Waals surface area contributed by atoms with E-state index in [0.29, 0.717) is 12.5 Å². The average Bonchev–Trinajstić information content (AvgIpc) is 2.84. The van der Waals surface area contributed by atoms with Crippen LogP contribution in [0.1, 0.15) is 63.3 Å². The van der Waals surface area contributed by atoms with Gasteiger partial charge in [-0.15, -0.1) is 0 Å². The van der Waals surface area contributed by atoms with Crippen molar-refractivity contribution in [1.29, 1.82) is 0 Å². The van der Waals surface area contributed by atoms with Crippen molar-refractivity contribution in [2.45, 2.75) is 71.3 Å². The molecular weight excluding hydrogens is 276 g/mol. The third kappa shape index (κ3) is 3.99. The van der Waals surface area contributed by atoms with Crippen LogP contribution in [-0.4, -0.2) is 24.0 Å². The molecule has 1 N–H and O–H groups in total. The molecule has 122 valence electrons. The van der Waals surface area contributed by atoms with Crippen molar-refractivity contribution in [2.75, 3.05) is 7.11 Å². The van der Waals surface area contributed by atoms with Crippen LogP contribution in [0.5, 0.6) is 5.88 Å². The maximum atomic E-state index is 11.2. The van der Waals surface area contributed by atoms with Crippen LogP contribution in [0.15, 0.2) is 6.07 Å². The summed E-state index contributed by atoms with van der Waals surface area (Å²) in [5.41, 5.74) is 3.52. The molecule has 1 atom stereocenters. The monoisotopic (exact) mass is 304 g/mol. The molecule has 0 saturated carbocycles. The van der Waals surface area contributed by atoms with Gasteiger partial charge in [-0.2, -0.15) is 0 Å². The number of carbonyl (C=O) groups is 1. The molecule has 1 aromatic rings. The molecule has 4 nitrogen and oxygen atoms in total. The molecular formula is C18H28N2O2. The van der Waals surface area contributed by atoms with Crippen LogP contribution in [-0.2, 0) is 16.6 Å². The van der Waals surface area contributed by atoms with E-state index in [-0.39, 0.29) is 11.3 Å². The van der Waals surface area contributed by atoms with Gasteiger partial charge in [-0.25, -0.2) is 4.98 Å². The molecule has 1 aromatic heterocycles. The number of pyridine rings is 1. The van der Waals surface area contributed by atoms with E-state index in [1.54, 1.807) is 7.11 Å². The number of rotatable bonds is 5. The van der Waals surface area contributed by atoms with Gasteiger partial charge in [0.15, 0.2) is 0 Å². The van der Waals surface area contributed by atoms with Gasteiger partial charge in [-0.1, -0.05) is 20.8 Å². The lowest BCUT2D eigenvalue weighted by atomic mass is 9.89. The fourth-order valence-corrected chi connectivity index (χ4v) is 2.95. The molecule has 0 unspecified atom stereocenters. The Morgan fingerprint density at radius 1 is 1.41 bits per heavy atom. The Bertz CT molecular complexity index is 547. The molecule has 1 amide bonds. The van der Waals surface area contributed by atoms with Gasteiger partial charge in [0, 0.05) is 23.4 Å². The fourth-order valence-electron chi connectivity index (χ4n) is 2.95. The van der Waals surface area contributed by atoms with Gasteiger partial charge in [-0.05, 0) is 44.2 Å². The van der Waals surface area contributed by atoms with E-state index >= 15 is 0 Å². The van der Waals surface area contributed by atoms with Gasteiger partial charge in [0.25, 0.3) is 0 Å². The maximum Gasteiger partial charge on any atom is 0.220 e. The normalized spacial score (nSPS) is 18.4. The summed E-state index contributed by atoms with van der Waals surface area (Å²) < 4.78 is 5.52. The zero-order valence-corrected chi connectivity index (χ0v) is 14.5. The van der Waals surface area contributed by atoms with Crippen molar-refractivity contribution in [3.63, 3.8) is 0 Å². The first-order chi connectivity index (χ1) is 10.3. The number of hydrogen-bond acceptors (Lipinski definition) is 3. The lowest BCUT2D eigenvalue weighted by Crippen LogP contribution is -2.25. The molecule has 0 bridgehead atoms. The summed E-state index contributed by atoms with van der Waals surface area (Å²) in [4.78, 5) is 15.9. The highest BCUT2D eigenvalue weighted by Gasteiger charge is 2.22. The highest BCUT2D eigenvalue weighted by Crippen LogP contribution is 2.29. The van der Waals surface area contributed by atoms with Gasteiger partial charge < -0.3 is 10.1 Å². The number of carbonyl (C=O) groups excluding carboxylic acids is 1. The third-order valence-corrected chi connectivity index (χ3v) is 4.34. The zero-order valence-electron chi connectivity index (χ0n) is 14.5. The van der Waals surface area contributed by atoms with Crippen molar-refractivity contribution >= 4 is 5.91 Å². The van der Waals surface area contributed by atoms with E-state index in [0.717, 1.165) is 37.3 Å². The second-order valence-electron chi connectivity index (χ2n) is 7.26. The van der Waals surface area contributed by atoms with Gasteiger partial charge in [-0.3, -0.25) is 4.79 Å². The second kappa shape index (κ2) is 6.67. The molecule has 1 aliphatic heterocycles. The topological polar surface area (TPSA) is 51.2 Å². The van der Waals surface area contributed by atoms with Crippen molar-refractivity contribution in [2.24, 2.45) is 0 Å². The summed E-state index contributed by atoms with van der Waals surface area (Å²) in [6.45, 7) is 8.62. The minimum absolute atomic E-state index is 0.0186. The Hall–Kier alpha value is -1.58. The number of methoxy groups -OCH3 is 1. The molecule has 4 heteroatoms. The predicted molar refractivity (Wildman–Crippen MR) is 88.3 cm³/mol. The number of aryl methyl sites for hydroxylation is 1. The fraction of sp³-hybridized carbons (Fsp3) is 0.667. The van der Waals surface area contributed by atoms with E-state index in [1.165, 1.54) is 11.1 Å². The summed E-state index contributed by atoms with van der Waals surface area (Å²) in [5.74, 6) is 0.940. The van der Waals surface area contributed by atoms with Crippen LogP contribution in [0.2, 0.25) is 0 Å². The molecule has 2 rings (SSSR count). The van der Waals surface area contributed by atoms with Crippen LogP contribution in [0.4, 0.5) is 0 Å². The van der Waals surface area contributed by atoms with Gasteiger partial charge in [0.1, 0.15) is 0 Å². The summed E-state index contributed by atoms with van der Waals surface area (Å²) in [7, 11) is 1.69. The quantitative estimate of drug-likeness (QED) is 0.908. The Labute approximate surface area is 133 Å². The van der Waals surface area contributed by atoms with E-state index in [9.17, 15) is 4.79 Å². The Balaban J connectivity index is 2.05. The molecule has 1 saturated heterocycles. The van der Waals surface area contributed by atoms with E-state index < -0.39 is 0 Å². The largest absolute Gasteiger partial charge is 0.481 e. The Kier molecular flexibility index (Phi) is 5.09. The van der Waals surface area contributed by atoms with E-state index in [1.807, 2.05) is 0 Å². The zero-order chi connectivity index (χ0) is 16.3. The van der Waals surface area contributed by atoms with Crippen LogP contribution in [0.3, 0.4) is 0 Å². The number of hydrogen-bond donors (Lipinski definition) is 1. The van der Waals surface area contributed by atoms with E-state index in [4.69, 9.17) is 9.72 Å². The summed E-state index contributed by atoms with van der Waals surface area (Å²) in [5, 5.41) is 3.03. The standard InChI is InChI=1S/C18H28N2O2/c1-12-11-15(18(2,3)4)20-17(22-5)14(12)8-6-7-13-9-10-16(21)19-13/h11,13H,6-10H2,1-5H3,(H,19,21)/t13-/m1/s1. The summed E-state index contributed by atoms with van der Waals surface area (Å²) >= 11 is 0. The summed E-state index contributed by atoms with van der Waals surface area (Å²) in [6, 6.07) is 2.52. The van der Waals surface area contributed by atoms with E-state index in [2.05, 4.69) is 39.1 Å². The minimum Gasteiger partial charge on any atom is -0.481 e. The Morgan fingerprint density at radius 2 is 2.14 bits per heavy atom. The molecule has 22 heavy (non-hydrogen) atoms. The second-order valence-corrected chi connectivity index (χ2v) is 7.26. The van der Waals surface area contributed by atoms with Gasteiger partial charge >= 0.3 is 0 Å². The minimum atomic E-state index is 0.0186. The molecule has 1 aliphatic rings. The van der Waals surface area contributed by atoms with Crippen molar-refractivity contribution in [3.8, 4) is 5.88 Å². The molecule has 0 spiro atoms. The molecule has 2 heterocycles. The van der Waals surface area contributed by atoms with Gasteiger partial charge in [0.05, 0.1) is 12.8 Å². The predicted octanol–water partition coefficient (Wildman–Crippen LogP) is 3.30. The number of nitrogens with one attached hydrogen (secondary N) is 1. The number of nitrogens with zero attached hydrogens (tertiary/aromatic N) is 1. The SMILES string of the molecule is COc1nc(C(C)(C)C)cc(C)c1CCC[C@@H]1CCC(=O)N1. The van der Waals surface area contributed by atoms with Crippen LogP contribution >= 0.6 is 0 Å². The lowest BCUT2D eigenvalue weighted by molar-refractivity contribution is -0.119. The van der Waals surface area contributed by atoms with Crippen molar-refractivity contribution in [3.05, 3.63) is 22.9 Å². The first-order valence-corrected chi connectivity index (χ1v) is 8.15. The number of amides is 1. The Morgan fingerprint density at radius 3 is 2.68 bits per heavy atom. The van der Waals surface area contributed by atoms with Crippen LogP contribution in [0, 0.1) is 6.92 Å². The average molecular weight is 304 g/mol. The molecule has 1 fully saturated rings. The smallest absolute Gasteiger partial charge is 0.220 e. The van der Waals surface area contributed by atoms with Crippen molar-refractivity contribution in [1.82, 2.24) is 10.3 Å². The molecule has 0 radical (unpaired) electrons. The number of ether oxygens (including phenoxy) is 1. The maximum absolute atomic E-state index is 11.2. The highest BCUT2D eigenvalue weighted by atomic mass is 16.5. The van der Waals surface area contributed by atoms with Crippen LogP contribution in [0.25, 0.3) is 0 Å². The van der Waals surface area contributed by atoms with Crippen LogP contribution < -0.4 is 10.1 Å². The molecule has 0 aliphatic carbocycles. The first kappa shape index (κ1) is 16.8. The van der Waals surface area contributed by atoms with Gasteiger partial charge in [0.2, 0.25) is 11.8 Å². The molecule has 0 aromatic carbocycles. The third-order valence-electron chi connectivity index (χ3n) is 4.34. The van der Waals surface area contributed by atoms with Crippen molar-refractivity contribution < 1.29 is 9.53 Å². The lowest BCUT2D eigenvalue weighted by Gasteiger charge is -2.21. The summed E-state index contributed by atoms with van der Waals surface area (Å²) in [6.07, 6.45) is 4.65. The first-order valence-electron chi connectivity index (χ1n) is 8.15. The number of aromatic nitrogens is 1.